The molecule has 5 rings (SSSR count). The summed E-state index contributed by atoms with van der Waals surface area (Å²) in [6.45, 7) is 4.41. The minimum Gasteiger partial charge on any atom is -0.497 e. The summed E-state index contributed by atoms with van der Waals surface area (Å²) in [5, 5.41) is 0. The first-order chi connectivity index (χ1) is 16.2. The van der Waals surface area contributed by atoms with Gasteiger partial charge in [0.15, 0.2) is 0 Å². The fraction of sp³-hybridized carbons (Fsp3) is 0.357. The molecule has 2 aliphatic heterocycles. The average molecular weight is 448 g/mol. The molecule has 3 aromatic rings. The number of hydrogen-bond acceptors (Lipinski definition) is 4. The Morgan fingerprint density at radius 1 is 0.939 bits per heavy atom. The van der Waals surface area contributed by atoms with Crippen LogP contribution >= 0.6 is 0 Å². The van der Waals surface area contributed by atoms with Gasteiger partial charge in [-0.25, -0.2) is 4.39 Å². The van der Waals surface area contributed by atoms with Gasteiger partial charge in [-0.15, -0.1) is 0 Å². The van der Waals surface area contributed by atoms with Crippen LogP contribution in [0.2, 0.25) is 0 Å². The molecule has 2 atom stereocenters. The largest absolute Gasteiger partial charge is 0.497 e. The highest BCUT2D eigenvalue weighted by Gasteiger charge is 2.35. The van der Waals surface area contributed by atoms with Crippen LogP contribution in [0.15, 0.2) is 66.7 Å². The standard InChI is InChI=1S/C28H30FNO3/c1-31-22-12-13-24-27(18-22)33-19-25(23-6-2-3-7-26(23)29)28(24)20-8-10-21(11-9-20)32-17-16-30-14-4-5-15-30/h2-3,6-13,18,25,28H,4-5,14-17,19H2,1H3/t25-,28-/m1/s1. The van der Waals surface area contributed by atoms with Crippen molar-refractivity contribution in [3.63, 3.8) is 0 Å². The summed E-state index contributed by atoms with van der Waals surface area (Å²) < 4.78 is 32.3. The summed E-state index contributed by atoms with van der Waals surface area (Å²) in [5.74, 6) is 2.04. The molecule has 33 heavy (non-hydrogen) atoms. The summed E-state index contributed by atoms with van der Waals surface area (Å²) in [7, 11) is 1.65. The van der Waals surface area contributed by atoms with E-state index in [0.29, 0.717) is 18.8 Å². The van der Waals surface area contributed by atoms with Crippen LogP contribution in [-0.4, -0.2) is 44.9 Å². The van der Waals surface area contributed by atoms with E-state index in [-0.39, 0.29) is 17.7 Å². The molecule has 0 aromatic heterocycles. The molecule has 172 valence electrons. The van der Waals surface area contributed by atoms with E-state index in [1.54, 1.807) is 13.2 Å². The first kappa shape index (κ1) is 21.8. The second-order valence-electron chi connectivity index (χ2n) is 8.79. The Hall–Kier alpha value is -3.05. The fourth-order valence-corrected chi connectivity index (χ4v) is 5.04. The molecule has 0 amide bonds. The van der Waals surface area contributed by atoms with Gasteiger partial charge in [-0.05, 0) is 61.3 Å². The van der Waals surface area contributed by atoms with Gasteiger partial charge < -0.3 is 14.2 Å². The van der Waals surface area contributed by atoms with E-state index in [9.17, 15) is 4.39 Å². The second-order valence-corrected chi connectivity index (χ2v) is 8.79. The zero-order valence-corrected chi connectivity index (χ0v) is 19.0. The quantitative estimate of drug-likeness (QED) is 0.471. The monoisotopic (exact) mass is 447 g/mol. The molecular weight excluding hydrogens is 417 g/mol. The molecule has 0 unspecified atom stereocenters. The normalized spacial score (nSPS) is 20.2. The molecule has 2 heterocycles. The van der Waals surface area contributed by atoms with Crippen molar-refractivity contribution in [2.45, 2.75) is 24.7 Å². The molecule has 2 aliphatic rings. The summed E-state index contributed by atoms with van der Waals surface area (Å²) in [4.78, 5) is 2.45. The van der Waals surface area contributed by atoms with E-state index < -0.39 is 0 Å². The van der Waals surface area contributed by atoms with Gasteiger partial charge in [-0.2, -0.15) is 0 Å². The van der Waals surface area contributed by atoms with Gasteiger partial charge in [0.2, 0.25) is 0 Å². The molecule has 5 heteroatoms. The van der Waals surface area contributed by atoms with Gasteiger partial charge in [0.25, 0.3) is 0 Å². The smallest absolute Gasteiger partial charge is 0.126 e. The maximum Gasteiger partial charge on any atom is 0.126 e. The van der Waals surface area contributed by atoms with Crippen LogP contribution in [-0.2, 0) is 0 Å². The third-order valence-electron chi connectivity index (χ3n) is 6.80. The Labute approximate surface area is 194 Å². The van der Waals surface area contributed by atoms with Crippen LogP contribution in [0.4, 0.5) is 4.39 Å². The van der Waals surface area contributed by atoms with Crippen LogP contribution in [0.5, 0.6) is 17.2 Å². The molecule has 0 spiro atoms. The molecule has 1 saturated heterocycles. The van der Waals surface area contributed by atoms with Crippen molar-refractivity contribution in [1.29, 1.82) is 0 Å². The van der Waals surface area contributed by atoms with Gasteiger partial charge in [0, 0.05) is 30.0 Å². The van der Waals surface area contributed by atoms with Crippen LogP contribution in [0, 0.1) is 5.82 Å². The second kappa shape index (κ2) is 9.84. The number of halogens is 1. The van der Waals surface area contributed by atoms with Gasteiger partial charge in [0.1, 0.15) is 29.7 Å². The number of rotatable bonds is 7. The highest BCUT2D eigenvalue weighted by molar-refractivity contribution is 5.51. The summed E-state index contributed by atoms with van der Waals surface area (Å²) >= 11 is 0. The SMILES string of the molecule is COc1ccc2c(c1)OC[C@H](c1ccccc1F)[C@@H]2c1ccc(OCCN2CCCC2)cc1. The number of ether oxygens (including phenoxy) is 3. The molecule has 0 bridgehead atoms. The lowest BCUT2D eigenvalue weighted by molar-refractivity contribution is 0.237. The molecule has 0 N–H and O–H groups in total. The summed E-state index contributed by atoms with van der Waals surface area (Å²) in [5.41, 5.74) is 2.83. The highest BCUT2D eigenvalue weighted by atomic mass is 19.1. The summed E-state index contributed by atoms with van der Waals surface area (Å²) in [6, 6.07) is 21.1. The zero-order valence-electron chi connectivity index (χ0n) is 19.0. The number of nitrogens with zero attached hydrogens (tertiary/aromatic N) is 1. The number of benzene rings is 3. The molecule has 4 nitrogen and oxygen atoms in total. The Kier molecular flexibility index (Phi) is 6.49. The zero-order chi connectivity index (χ0) is 22.6. The van der Waals surface area contributed by atoms with Crippen LogP contribution < -0.4 is 14.2 Å². The molecule has 1 fully saturated rings. The first-order valence-electron chi connectivity index (χ1n) is 11.7. The van der Waals surface area contributed by atoms with Crippen LogP contribution in [0.25, 0.3) is 0 Å². The molecular formula is C28H30FNO3. The van der Waals surface area contributed by atoms with Gasteiger partial charge >= 0.3 is 0 Å². The third kappa shape index (κ3) is 4.69. The Bertz CT molecular complexity index is 1080. The predicted molar refractivity (Wildman–Crippen MR) is 127 cm³/mol. The highest BCUT2D eigenvalue weighted by Crippen LogP contribution is 2.47. The van der Waals surface area contributed by atoms with Gasteiger partial charge in [0.05, 0.1) is 13.7 Å². The number of fused-ring (bicyclic) bond motifs is 1. The van der Waals surface area contributed by atoms with Gasteiger partial charge in [-0.3, -0.25) is 4.90 Å². The van der Waals surface area contributed by atoms with E-state index in [0.717, 1.165) is 34.9 Å². The molecule has 0 saturated carbocycles. The maximum absolute atomic E-state index is 14.8. The van der Waals surface area contributed by atoms with Crippen molar-refractivity contribution >= 4 is 0 Å². The van der Waals surface area contributed by atoms with E-state index in [2.05, 4.69) is 17.0 Å². The Morgan fingerprint density at radius 2 is 1.70 bits per heavy atom. The summed E-state index contributed by atoms with van der Waals surface area (Å²) in [6.07, 6.45) is 2.58. The molecule has 0 radical (unpaired) electrons. The molecule has 3 aromatic carbocycles. The fourth-order valence-electron chi connectivity index (χ4n) is 5.04. The maximum atomic E-state index is 14.8. The van der Waals surface area contributed by atoms with E-state index in [1.807, 2.05) is 42.5 Å². The van der Waals surface area contributed by atoms with Crippen molar-refractivity contribution in [3.05, 3.63) is 89.2 Å². The number of likely N-dealkylation sites (tertiary alicyclic amines) is 1. The third-order valence-corrected chi connectivity index (χ3v) is 6.80. The lowest BCUT2D eigenvalue weighted by Gasteiger charge is -2.35. The minimum absolute atomic E-state index is 0.0322. The van der Waals surface area contributed by atoms with Gasteiger partial charge in [-0.1, -0.05) is 36.4 Å². The number of methoxy groups -OCH3 is 1. The lowest BCUT2D eigenvalue weighted by atomic mass is 9.75. The predicted octanol–water partition coefficient (Wildman–Crippen LogP) is 5.62. The van der Waals surface area contributed by atoms with Crippen LogP contribution in [0.1, 0.15) is 41.4 Å². The molecule has 0 aliphatic carbocycles. The van der Waals surface area contributed by atoms with E-state index in [1.165, 1.54) is 32.0 Å². The van der Waals surface area contributed by atoms with Crippen LogP contribution in [0.3, 0.4) is 0 Å². The Morgan fingerprint density at radius 3 is 2.45 bits per heavy atom. The average Bonchev–Trinajstić information content (AvgIpc) is 3.37. The van der Waals surface area contributed by atoms with Crippen molar-refractivity contribution in [1.82, 2.24) is 4.90 Å². The van der Waals surface area contributed by atoms with Crippen molar-refractivity contribution in [3.8, 4) is 17.2 Å². The first-order valence-corrected chi connectivity index (χ1v) is 11.7. The topological polar surface area (TPSA) is 30.9 Å². The van der Waals surface area contributed by atoms with Crippen molar-refractivity contribution < 1.29 is 18.6 Å². The lowest BCUT2D eigenvalue weighted by Crippen LogP contribution is -2.26. The number of hydrogen-bond donors (Lipinski definition) is 0. The van der Waals surface area contributed by atoms with Crippen molar-refractivity contribution in [2.24, 2.45) is 0 Å². The Balaban J connectivity index is 1.41. The minimum atomic E-state index is -0.199. The van der Waals surface area contributed by atoms with E-state index >= 15 is 0 Å². The van der Waals surface area contributed by atoms with E-state index in [4.69, 9.17) is 14.2 Å². The van der Waals surface area contributed by atoms with Crippen molar-refractivity contribution in [2.75, 3.05) is 40.0 Å².